The summed E-state index contributed by atoms with van der Waals surface area (Å²) in [4.78, 5) is 41.1. The topological polar surface area (TPSA) is 83.9 Å². The summed E-state index contributed by atoms with van der Waals surface area (Å²) < 4.78 is 6.30. The van der Waals surface area contributed by atoms with E-state index in [1.165, 1.54) is 69.8 Å². The Bertz CT molecular complexity index is 1410. The molecular weight excluding hydrogens is 647 g/mol. The number of carboxylic acid groups (broad SMARTS) is 1. The van der Waals surface area contributed by atoms with Crippen molar-refractivity contribution in [2.45, 2.75) is 177 Å². The molecule has 0 aromatic carbocycles. The number of fused-ring (bicyclic) bond motifs is 7. The van der Waals surface area contributed by atoms with Gasteiger partial charge in [0, 0.05) is 24.3 Å². The number of ketones is 1. The number of nitrogens with zero attached hydrogens (tertiary/aromatic N) is 1. The number of rotatable bonds is 11. The molecule has 0 bridgehead atoms. The average Bonchev–Trinajstić information content (AvgIpc) is 3.63. The van der Waals surface area contributed by atoms with E-state index in [1.807, 2.05) is 13.8 Å². The van der Waals surface area contributed by atoms with Crippen molar-refractivity contribution in [2.24, 2.45) is 68.0 Å². The SMILES string of the molecule is C=C(C)[C@@H]1CC[C@]2(CC(=O)C[C@@H]3CC[C@@H](N(C)C)C3)CC[C@]3(C)[C@H](CC[C@@H]4[C@@]5(C)CC[C@H](OC(=O)CC(C)(C)CC(=O)O)C(C)(C)[C@@H]5CC[C@]43C)[C@@H]12. The number of carbonyl (C=O) groups is 3. The second-order valence-corrected chi connectivity index (χ2v) is 22.0. The summed E-state index contributed by atoms with van der Waals surface area (Å²) in [6.07, 6.45) is 16.8. The maximum atomic E-state index is 14.1. The molecule has 294 valence electrons. The lowest BCUT2D eigenvalue weighted by molar-refractivity contribution is -0.250. The first-order valence-electron chi connectivity index (χ1n) is 21.3. The lowest BCUT2D eigenvalue weighted by Gasteiger charge is -2.73. The number of esters is 1. The molecule has 1 N–H and O–H groups in total. The predicted octanol–water partition coefficient (Wildman–Crippen LogP) is 10.5. The van der Waals surface area contributed by atoms with Gasteiger partial charge in [0.15, 0.2) is 0 Å². The molecule has 0 radical (unpaired) electrons. The summed E-state index contributed by atoms with van der Waals surface area (Å²) in [6, 6.07) is 0.629. The molecule has 52 heavy (non-hydrogen) atoms. The molecule has 6 aliphatic carbocycles. The summed E-state index contributed by atoms with van der Waals surface area (Å²) in [5.41, 5.74) is 1.33. The number of hydrogen-bond donors (Lipinski definition) is 1. The number of ether oxygens (including phenoxy) is 1. The Labute approximate surface area is 317 Å². The van der Waals surface area contributed by atoms with Crippen LogP contribution in [0.3, 0.4) is 0 Å². The molecule has 0 spiro atoms. The monoisotopic (exact) mass is 722 g/mol. The van der Waals surface area contributed by atoms with E-state index in [4.69, 9.17) is 4.74 Å². The molecule has 0 heterocycles. The van der Waals surface area contributed by atoms with E-state index in [0.717, 1.165) is 32.1 Å². The zero-order valence-electron chi connectivity index (χ0n) is 34.9. The van der Waals surface area contributed by atoms with Crippen LogP contribution in [0.25, 0.3) is 0 Å². The van der Waals surface area contributed by atoms with Gasteiger partial charge in [-0.25, -0.2) is 0 Å². The molecule has 6 heteroatoms. The first-order valence-corrected chi connectivity index (χ1v) is 21.3. The van der Waals surface area contributed by atoms with Crippen LogP contribution >= 0.6 is 0 Å². The van der Waals surface area contributed by atoms with Gasteiger partial charge in [0.1, 0.15) is 11.9 Å². The van der Waals surface area contributed by atoms with Crippen LogP contribution < -0.4 is 0 Å². The summed E-state index contributed by atoms with van der Waals surface area (Å²) in [5, 5.41) is 9.36. The Balaban J connectivity index is 1.20. The highest BCUT2D eigenvalue weighted by Crippen LogP contribution is 2.78. The van der Waals surface area contributed by atoms with Gasteiger partial charge in [-0.05, 0) is 167 Å². The van der Waals surface area contributed by atoms with Crippen LogP contribution in [0, 0.1) is 68.0 Å². The third-order valence-corrected chi connectivity index (χ3v) is 18.0. The highest BCUT2D eigenvalue weighted by molar-refractivity contribution is 5.79. The van der Waals surface area contributed by atoms with Crippen LogP contribution in [0.2, 0.25) is 0 Å². The standard InChI is InChI=1S/C46H75NO5/c1-29(2)33-16-21-46(26-32(48)25-30-12-13-31(24-30)47(10)11)23-22-44(8)34(40(33)46)14-15-36-43(7)19-18-37(42(5,6)35(43)17-20-45(36,44)9)52-39(51)28-41(3,4)27-38(49)50/h30-31,33-37,40H,1,12-28H2,2-11H3,(H,49,50)/t30-,31-,33+,34-,35+,36-,37+,40-,43+,44-,45-,46-/m1/s1. The smallest absolute Gasteiger partial charge is 0.306 e. The second kappa shape index (κ2) is 13.8. The number of carboxylic acids is 1. The van der Waals surface area contributed by atoms with Crippen LogP contribution in [0.15, 0.2) is 12.2 Å². The number of carbonyl (C=O) groups excluding carboxylic acids is 2. The Morgan fingerprint density at radius 3 is 2.17 bits per heavy atom. The van der Waals surface area contributed by atoms with Crippen LogP contribution in [0.1, 0.15) is 165 Å². The summed E-state index contributed by atoms with van der Waals surface area (Å²) in [6.45, 7) is 23.2. The third-order valence-electron chi connectivity index (χ3n) is 18.0. The Kier molecular flexibility index (Phi) is 10.6. The van der Waals surface area contributed by atoms with E-state index in [1.54, 1.807) is 0 Å². The van der Waals surface area contributed by atoms with Crippen LogP contribution in [-0.4, -0.2) is 54.0 Å². The molecule has 0 aromatic heterocycles. The molecule has 6 fully saturated rings. The quantitative estimate of drug-likeness (QED) is 0.169. The minimum Gasteiger partial charge on any atom is -0.481 e. The first-order chi connectivity index (χ1) is 24.1. The van der Waals surface area contributed by atoms with Gasteiger partial charge in [-0.3, -0.25) is 14.4 Å². The normalized spacial score (nSPS) is 43.9. The van der Waals surface area contributed by atoms with E-state index >= 15 is 0 Å². The fourth-order valence-corrected chi connectivity index (χ4v) is 15.3. The van der Waals surface area contributed by atoms with E-state index in [-0.39, 0.29) is 52.0 Å². The van der Waals surface area contributed by atoms with Gasteiger partial charge >= 0.3 is 11.9 Å². The third kappa shape index (κ3) is 6.67. The van der Waals surface area contributed by atoms with Gasteiger partial charge < -0.3 is 14.7 Å². The zero-order valence-corrected chi connectivity index (χ0v) is 34.9. The van der Waals surface area contributed by atoms with Crippen molar-refractivity contribution < 1.29 is 24.2 Å². The van der Waals surface area contributed by atoms with Crippen molar-refractivity contribution in [3.05, 3.63) is 12.2 Å². The number of allylic oxidation sites excluding steroid dienone is 1. The molecule has 0 saturated heterocycles. The Morgan fingerprint density at radius 2 is 1.54 bits per heavy atom. The average molecular weight is 722 g/mol. The summed E-state index contributed by atoms with van der Waals surface area (Å²) in [5.74, 6) is 2.77. The molecule has 0 aliphatic heterocycles. The molecule has 0 amide bonds. The second-order valence-electron chi connectivity index (χ2n) is 22.0. The predicted molar refractivity (Wildman–Crippen MR) is 209 cm³/mol. The van der Waals surface area contributed by atoms with Gasteiger partial charge in [0.05, 0.1) is 12.8 Å². The van der Waals surface area contributed by atoms with Crippen LogP contribution in [-0.2, 0) is 19.1 Å². The lowest BCUT2D eigenvalue weighted by Crippen LogP contribution is -2.66. The van der Waals surface area contributed by atoms with Crippen molar-refractivity contribution in [3.8, 4) is 0 Å². The fraction of sp³-hybridized carbons (Fsp3) is 0.891. The van der Waals surface area contributed by atoms with Crippen molar-refractivity contribution >= 4 is 17.7 Å². The van der Waals surface area contributed by atoms with E-state index in [0.29, 0.717) is 47.3 Å². The van der Waals surface area contributed by atoms with Crippen molar-refractivity contribution in [1.82, 2.24) is 4.90 Å². The highest BCUT2D eigenvalue weighted by atomic mass is 16.5. The minimum atomic E-state index is -0.877. The first kappa shape index (κ1) is 40.0. The van der Waals surface area contributed by atoms with Gasteiger partial charge in [-0.1, -0.05) is 60.6 Å². The largest absolute Gasteiger partial charge is 0.481 e. The van der Waals surface area contributed by atoms with Gasteiger partial charge in [-0.2, -0.15) is 0 Å². The summed E-state index contributed by atoms with van der Waals surface area (Å²) >= 11 is 0. The number of hydrogen-bond acceptors (Lipinski definition) is 5. The minimum absolute atomic E-state index is 0.0415. The molecule has 6 saturated carbocycles. The molecular formula is C46H75NO5. The molecule has 0 unspecified atom stereocenters. The molecule has 12 atom stereocenters. The molecule has 6 rings (SSSR count). The molecule has 0 aromatic rings. The van der Waals surface area contributed by atoms with Crippen molar-refractivity contribution in [1.29, 1.82) is 0 Å². The maximum Gasteiger partial charge on any atom is 0.306 e. The zero-order chi connectivity index (χ0) is 38.2. The Morgan fingerprint density at radius 1 is 0.827 bits per heavy atom. The van der Waals surface area contributed by atoms with Gasteiger partial charge in [-0.15, -0.1) is 0 Å². The van der Waals surface area contributed by atoms with E-state index in [2.05, 4.69) is 67.1 Å². The summed E-state index contributed by atoms with van der Waals surface area (Å²) in [7, 11) is 4.38. The van der Waals surface area contributed by atoms with Gasteiger partial charge in [0.2, 0.25) is 0 Å². The van der Waals surface area contributed by atoms with Crippen LogP contribution in [0.5, 0.6) is 0 Å². The molecule has 6 aliphatic rings. The van der Waals surface area contributed by atoms with Crippen molar-refractivity contribution in [2.75, 3.05) is 14.1 Å². The molecule has 6 nitrogen and oxygen atoms in total. The van der Waals surface area contributed by atoms with Gasteiger partial charge in [0.25, 0.3) is 0 Å². The van der Waals surface area contributed by atoms with E-state index < -0.39 is 11.4 Å². The number of Topliss-reactive ketones (excluding diaryl/α,β-unsaturated/α-hetero) is 1. The van der Waals surface area contributed by atoms with E-state index in [9.17, 15) is 19.5 Å². The highest BCUT2D eigenvalue weighted by Gasteiger charge is 2.71. The number of aliphatic carboxylic acids is 1. The van der Waals surface area contributed by atoms with Crippen molar-refractivity contribution in [3.63, 3.8) is 0 Å². The maximum absolute atomic E-state index is 14.1. The Hall–Kier alpha value is -1.69. The fourth-order valence-electron chi connectivity index (χ4n) is 15.3. The van der Waals surface area contributed by atoms with Crippen LogP contribution in [0.4, 0.5) is 0 Å². The lowest BCUT2D eigenvalue weighted by atomic mass is 9.32.